The molecule has 1 N–H and O–H groups in total. The molecule has 0 aromatic heterocycles. The maximum atomic E-state index is 10.4. The molecule has 20 heavy (non-hydrogen) atoms. The van der Waals surface area contributed by atoms with Crippen LogP contribution < -0.4 is 4.74 Å². The lowest BCUT2D eigenvalue weighted by atomic mass is 10.00. The van der Waals surface area contributed by atoms with E-state index in [2.05, 4.69) is 31.9 Å². The number of ether oxygens (including phenoxy) is 1. The van der Waals surface area contributed by atoms with E-state index in [-0.39, 0.29) is 0 Å². The highest BCUT2D eigenvalue weighted by atomic mass is 79.9. The Kier molecular flexibility index (Phi) is 5.24. The fourth-order valence-electron chi connectivity index (χ4n) is 2.12. The second-order valence-electron chi connectivity index (χ2n) is 4.74. The van der Waals surface area contributed by atoms with Gasteiger partial charge in [-0.25, -0.2) is 0 Å². The third kappa shape index (κ3) is 3.84. The summed E-state index contributed by atoms with van der Waals surface area (Å²) >= 11 is 6.98. The van der Waals surface area contributed by atoms with E-state index in [0.29, 0.717) is 6.42 Å². The van der Waals surface area contributed by atoms with Crippen LogP contribution in [0, 0.1) is 6.92 Å². The van der Waals surface area contributed by atoms with Crippen molar-refractivity contribution in [3.63, 3.8) is 0 Å². The van der Waals surface area contributed by atoms with Crippen molar-refractivity contribution in [3.05, 3.63) is 62.0 Å². The zero-order chi connectivity index (χ0) is 14.7. The van der Waals surface area contributed by atoms with Gasteiger partial charge in [0.15, 0.2) is 0 Å². The number of halogens is 2. The molecule has 1 atom stereocenters. The molecule has 0 heterocycles. The van der Waals surface area contributed by atoms with Crippen LogP contribution in [0.5, 0.6) is 5.75 Å². The Morgan fingerprint density at radius 1 is 1.15 bits per heavy atom. The van der Waals surface area contributed by atoms with Gasteiger partial charge in [-0.3, -0.25) is 0 Å². The van der Waals surface area contributed by atoms with Crippen LogP contribution in [0.2, 0.25) is 0 Å². The molecule has 0 saturated carbocycles. The Morgan fingerprint density at radius 3 is 2.55 bits per heavy atom. The van der Waals surface area contributed by atoms with Crippen molar-refractivity contribution in [2.75, 3.05) is 7.11 Å². The minimum atomic E-state index is -0.547. The quantitative estimate of drug-likeness (QED) is 0.799. The molecule has 1 unspecified atom stereocenters. The van der Waals surface area contributed by atoms with Crippen LogP contribution in [0.1, 0.15) is 22.8 Å². The van der Waals surface area contributed by atoms with Crippen molar-refractivity contribution in [3.8, 4) is 5.75 Å². The Hall–Kier alpha value is -0.840. The van der Waals surface area contributed by atoms with Gasteiger partial charge in [0.1, 0.15) is 5.75 Å². The van der Waals surface area contributed by atoms with Gasteiger partial charge >= 0.3 is 0 Å². The first-order chi connectivity index (χ1) is 9.49. The van der Waals surface area contributed by atoms with Crippen LogP contribution in [0.25, 0.3) is 0 Å². The number of benzene rings is 2. The SMILES string of the molecule is COc1ccc(Br)c(CC(O)c2cc(C)cc(Br)c2)c1. The molecular weight excluding hydrogens is 384 g/mol. The van der Waals surface area contributed by atoms with Crippen molar-refractivity contribution in [2.45, 2.75) is 19.4 Å². The molecule has 106 valence electrons. The topological polar surface area (TPSA) is 29.5 Å². The van der Waals surface area contributed by atoms with Gasteiger partial charge in [0.25, 0.3) is 0 Å². The standard InChI is InChI=1S/C16H16Br2O2/c1-10-5-12(7-13(17)6-10)16(19)9-11-8-14(20-2)3-4-15(11)18/h3-8,16,19H,9H2,1-2H3. The van der Waals surface area contributed by atoms with E-state index in [0.717, 1.165) is 31.4 Å². The largest absolute Gasteiger partial charge is 0.497 e. The molecular formula is C16H16Br2O2. The highest BCUT2D eigenvalue weighted by Crippen LogP contribution is 2.28. The number of aryl methyl sites for hydroxylation is 1. The molecule has 0 spiro atoms. The second kappa shape index (κ2) is 6.74. The summed E-state index contributed by atoms with van der Waals surface area (Å²) in [5.74, 6) is 0.792. The first-order valence-electron chi connectivity index (χ1n) is 6.27. The van der Waals surface area contributed by atoms with Crippen molar-refractivity contribution in [2.24, 2.45) is 0 Å². The summed E-state index contributed by atoms with van der Waals surface area (Å²) in [4.78, 5) is 0. The van der Waals surface area contributed by atoms with E-state index in [1.807, 2.05) is 43.3 Å². The molecule has 2 nitrogen and oxygen atoms in total. The normalized spacial score (nSPS) is 12.2. The van der Waals surface area contributed by atoms with Crippen molar-refractivity contribution in [1.82, 2.24) is 0 Å². The number of methoxy groups -OCH3 is 1. The number of hydrogen-bond donors (Lipinski definition) is 1. The Balaban J connectivity index is 2.24. The number of aliphatic hydroxyl groups is 1. The number of aliphatic hydroxyl groups excluding tert-OH is 1. The first kappa shape index (κ1) is 15.5. The zero-order valence-corrected chi connectivity index (χ0v) is 14.5. The Bertz CT molecular complexity index is 591. The predicted molar refractivity (Wildman–Crippen MR) is 88.2 cm³/mol. The van der Waals surface area contributed by atoms with Gasteiger partial charge in [0, 0.05) is 15.4 Å². The molecule has 0 amide bonds. The van der Waals surface area contributed by atoms with Gasteiger partial charge in [-0.05, 0) is 53.9 Å². The van der Waals surface area contributed by atoms with E-state index in [9.17, 15) is 5.11 Å². The molecule has 2 rings (SSSR count). The lowest BCUT2D eigenvalue weighted by Gasteiger charge is -2.14. The lowest BCUT2D eigenvalue weighted by molar-refractivity contribution is 0.178. The van der Waals surface area contributed by atoms with E-state index in [1.54, 1.807) is 7.11 Å². The maximum absolute atomic E-state index is 10.4. The van der Waals surface area contributed by atoms with E-state index in [4.69, 9.17) is 4.74 Å². The summed E-state index contributed by atoms with van der Waals surface area (Å²) in [6, 6.07) is 11.8. The molecule has 0 saturated heterocycles. The molecule has 4 heteroatoms. The monoisotopic (exact) mass is 398 g/mol. The van der Waals surface area contributed by atoms with E-state index < -0.39 is 6.10 Å². The fourth-order valence-corrected chi connectivity index (χ4v) is 3.15. The second-order valence-corrected chi connectivity index (χ2v) is 6.51. The van der Waals surface area contributed by atoms with Crippen LogP contribution >= 0.6 is 31.9 Å². The molecule has 2 aromatic carbocycles. The van der Waals surface area contributed by atoms with Crippen molar-refractivity contribution < 1.29 is 9.84 Å². The average Bonchev–Trinajstić information content (AvgIpc) is 2.40. The summed E-state index contributed by atoms with van der Waals surface area (Å²) in [6.45, 7) is 2.02. The van der Waals surface area contributed by atoms with Gasteiger partial charge in [0.2, 0.25) is 0 Å². The van der Waals surface area contributed by atoms with Gasteiger partial charge in [-0.2, -0.15) is 0 Å². The minimum absolute atomic E-state index is 0.535. The van der Waals surface area contributed by atoms with Gasteiger partial charge in [0.05, 0.1) is 13.2 Å². The molecule has 0 radical (unpaired) electrons. The molecule has 0 aliphatic carbocycles. The highest BCUT2D eigenvalue weighted by Gasteiger charge is 2.12. The van der Waals surface area contributed by atoms with Crippen molar-refractivity contribution in [1.29, 1.82) is 0 Å². The third-order valence-corrected chi connectivity index (χ3v) is 4.35. The fraction of sp³-hybridized carbons (Fsp3) is 0.250. The zero-order valence-electron chi connectivity index (χ0n) is 11.4. The van der Waals surface area contributed by atoms with Crippen LogP contribution in [-0.4, -0.2) is 12.2 Å². The van der Waals surface area contributed by atoms with Crippen LogP contribution in [0.4, 0.5) is 0 Å². The summed E-state index contributed by atoms with van der Waals surface area (Å²) in [7, 11) is 1.64. The van der Waals surface area contributed by atoms with E-state index in [1.165, 1.54) is 0 Å². The summed E-state index contributed by atoms with van der Waals surface area (Å²) in [5, 5.41) is 10.4. The number of hydrogen-bond acceptors (Lipinski definition) is 2. The molecule has 2 aromatic rings. The highest BCUT2D eigenvalue weighted by molar-refractivity contribution is 9.10. The van der Waals surface area contributed by atoms with Gasteiger partial charge in [-0.15, -0.1) is 0 Å². The number of rotatable bonds is 4. The van der Waals surface area contributed by atoms with Crippen molar-refractivity contribution >= 4 is 31.9 Å². The lowest BCUT2D eigenvalue weighted by Crippen LogP contribution is -2.03. The van der Waals surface area contributed by atoms with Crippen LogP contribution in [0.3, 0.4) is 0 Å². The summed E-state index contributed by atoms with van der Waals surface area (Å²) < 4.78 is 7.18. The molecule has 0 bridgehead atoms. The van der Waals surface area contributed by atoms with Crippen LogP contribution in [0.15, 0.2) is 45.3 Å². The Morgan fingerprint density at radius 2 is 1.90 bits per heavy atom. The smallest absolute Gasteiger partial charge is 0.119 e. The molecule has 0 aliphatic rings. The molecule has 0 fully saturated rings. The third-order valence-electron chi connectivity index (χ3n) is 3.12. The van der Waals surface area contributed by atoms with Crippen LogP contribution in [-0.2, 0) is 6.42 Å². The average molecular weight is 400 g/mol. The van der Waals surface area contributed by atoms with E-state index >= 15 is 0 Å². The minimum Gasteiger partial charge on any atom is -0.497 e. The predicted octanol–water partition coefficient (Wildman–Crippen LogP) is 4.80. The Labute approximate surface area is 136 Å². The first-order valence-corrected chi connectivity index (χ1v) is 7.86. The summed E-state index contributed by atoms with van der Waals surface area (Å²) in [5.41, 5.74) is 3.05. The molecule has 0 aliphatic heterocycles. The maximum Gasteiger partial charge on any atom is 0.119 e. The summed E-state index contributed by atoms with van der Waals surface area (Å²) in [6.07, 6.45) is -0.0113. The van der Waals surface area contributed by atoms with Gasteiger partial charge in [-0.1, -0.05) is 37.9 Å². The van der Waals surface area contributed by atoms with Gasteiger partial charge < -0.3 is 9.84 Å².